The molecule has 2 aromatic rings. The summed E-state index contributed by atoms with van der Waals surface area (Å²) in [6, 6.07) is 5.30. The van der Waals surface area contributed by atoms with Gasteiger partial charge in [-0.25, -0.2) is 12.8 Å². The van der Waals surface area contributed by atoms with Crippen LogP contribution in [0.15, 0.2) is 64.6 Å². The first-order valence-electron chi connectivity index (χ1n) is 12.3. The number of aliphatic hydroxyl groups excluding tert-OH is 1. The molecule has 0 aromatic heterocycles. The maximum absolute atomic E-state index is 14.2. The Balaban J connectivity index is 1.78. The van der Waals surface area contributed by atoms with Crippen molar-refractivity contribution in [3.8, 4) is 11.5 Å². The average Bonchev–Trinajstić information content (AvgIpc) is 3.33. The summed E-state index contributed by atoms with van der Waals surface area (Å²) in [6.45, 7) is -0.467. The summed E-state index contributed by atoms with van der Waals surface area (Å²) >= 11 is 0. The predicted molar refractivity (Wildman–Crippen MR) is 138 cm³/mol. The van der Waals surface area contributed by atoms with Gasteiger partial charge in [-0.2, -0.15) is 13.2 Å². The number of fused-ring (bicyclic) bond motifs is 1. The Morgan fingerprint density at radius 2 is 1.95 bits per heavy atom. The van der Waals surface area contributed by atoms with Crippen molar-refractivity contribution in [1.29, 1.82) is 0 Å². The zero-order valence-electron chi connectivity index (χ0n) is 21.7. The Morgan fingerprint density at radius 3 is 2.60 bits per heavy atom. The number of likely N-dealkylation sites (tertiary alicyclic amines) is 1. The van der Waals surface area contributed by atoms with Crippen LogP contribution in [0.2, 0.25) is 0 Å². The number of alkyl halides is 3. The molecule has 1 fully saturated rings. The van der Waals surface area contributed by atoms with Gasteiger partial charge in [-0.1, -0.05) is 12.2 Å². The standard InChI is InChI=1S/C27H28F4N2O6S/c1-38-20-13-19(14-21(15-20)40(2,36)37)32-25(22-6-5-18(28)12-24(22)39-10-9-34)26(35)33-8-7-16-3-4-17(11-23(16)33)27(29,30)31/h3-6,12-15,23,25,32,34H,7-11H2,1-2H3. The van der Waals surface area contributed by atoms with Gasteiger partial charge in [-0.15, -0.1) is 0 Å². The first kappa shape index (κ1) is 29.4. The molecule has 0 bridgehead atoms. The summed E-state index contributed by atoms with van der Waals surface area (Å²) in [5.74, 6) is -1.20. The molecule has 2 aromatic carbocycles. The summed E-state index contributed by atoms with van der Waals surface area (Å²) < 4.78 is 90.0. The molecule has 1 heterocycles. The molecule has 1 amide bonds. The van der Waals surface area contributed by atoms with Gasteiger partial charge >= 0.3 is 6.18 Å². The van der Waals surface area contributed by atoms with Gasteiger partial charge in [-0.05, 0) is 36.3 Å². The van der Waals surface area contributed by atoms with Crippen molar-refractivity contribution in [3.05, 3.63) is 71.1 Å². The fraction of sp³-hybridized carbons (Fsp3) is 0.370. The van der Waals surface area contributed by atoms with E-state index in [1.165, 1.54) is 42.4 Å². The van der Waals surface area contributed by atoms with E-state index in [9.17, 15) is 35.9 Å². The molecule has 2 N–H and O–H groups in total. The number of nitrogens with one attached hydrogen (secondary N) is 1. The number of aliphatic hydroxyl groups is 1. The van der Waals surface area contributed by atoms with Gasteiger partial charge in [0.05, 0.1) is 24.7 Å². The zero-order chi connectivity index (χ0) is 29.2. The summed E-state index contributed by atoms with van der Waals surface area (Å²) in [6.07, 6.45) is -1.17. The van der Waals surface area contributed by atoms with Crippen molar-refractivity contribution in [3.63, 3.8) is 0 Å². The largest absolute Gasteiger partial charge is 0.497 e. The fourth-order valence-electron chi connectivity index (χ4n) is 4.79. The Bertz CT molecular complexity index is 1460. The molecule has 1 aliphatic heterocycles. The molecule has 1 aliphatic carbocycles. The number of hydrogen-bond acceptors (Lipinski definition) is 7. The SMILES string of the molecule is COc1cc(NC(C(=O)N2CCC3=CC=C(C(F)(F)F)CC32)c2ccc(F)cc2OCCO)cc(S(C)(=O)=O)c1. The van der Waals surface area contributed by atoms with E-state index in [-0.39, 0.29) is 40.8 Å². The van der Waals surface area contributed by atoms with Crippen molar-refractivity contribution in [2.24, 2.45) is 0 Å². The van der Waals surface area contributed by atoms with Crippen LogP contribution in [0.4, 0.5) is 23.2 Å². The molecule has 0 radical (unpaired) electrons. The molecular weight excluding hydrogens is 556 g/mol. The highest BCUT2D eigenvalue weighted by molar-refractivity contribution is 7.90. The smallest absolute Gasteiger partial charge is 0.412 e. The monoisotopic (exact) mass is 584 g/mol. The molecule has 2 aliphatic rings. The average molecular weight is 585 g/mol. The zero-order valence-corrected chi connectivity index (χ0v) is 22.5. The van der Waals surface area contributed by atoms with Gasteiger partial charge < -0.3 is 24.8 Å². The van der Waals surface area contributed by atoms with Crippen LogP contribution in [0.1, 0.15) is 24.4 Å². The lowest BCUT2D eigenvalue weighted by molar-refractivity contribution is -0.133. The Kier molecular flexibility index (Phi) is 8.45. The highest BCUT2D eigenvalue weighted by Crippen LogP contribution is 2.41. The number of sulfone groups is 1. The lowest BCUT2D eigenvalue weighted by atomic mass is 9.93. The Morgan fingerprint density at radius 1 is 1.20 bits per heavy atom. The lowest BCUT2D eigenvalue weighted by Crippen LogP contribution is -2.42. The van der Waals surface area contributed by atoms with Crippen LogP contribution in [0.3, 0.4) is 0 Å². The molecule has 0 saturated carbocycles. The number of allylic oxidation sites excluding steroid dienone is 2. The molecule has 8 nitrogen and oxygen atoms in total. The van der Waals surface area contributed by atoms with Crippen LogP contribution in [0, 0.1) is 5.82 Å². The van der Waals surface area contributed by atoms with E-state index in [2.05, 4.69) is 5.32 Å². The highest BCUT2D eigenvalue weighted by Gasteiger charge is 2.43. The number of nitrogens with zero attached hydrogens (tertiary/aromatic N) is 1. The van der Waals surface area contributed by atoms with Crippen LogP contribution in [-0.4, -0.2) is 69.7 Å². The number of methoxy groups -OCH3 is 1. The third kappa shape index (κ3) is 6.41. The quantitative estimate of drug-likeness (QED) is 0.426. The topological polar surface area (TPSA) is 105 Å². The molecule has 4 rings (SSSR count). The Labute approximate surface area is 228 Å². The van der Waals surface area contributed by atoms with Crippen LogP contribution in [0.25, 0.3) is 0 Å². The predicted octanol–water partition coefficient (Wildman–Crippen LogP) is 4.18. The minimum absolute atomic E-state index is 0.0689. The highest BCUT2D eigenvalue weighted by atomic mass is 32.2. The first-order valence-corrected chi connectivity index (χ1v) is 14.2. The van der Waals surface area contributed by atoms with Gasteiger partial charge in [0.2, 0.25) is 5.91 Å². The maximum Gasteiger partial charge on any atom is 0.412 e. The maximum atomic E-state index is 14.2. The normalized spacial score (nSPS) is 18.0. The molecule has 40 heavy (non-hydrogen) atoms. The van der Waals surface area contributed by atoms with Crippen molar-refractivity contribution in [1.82, 2.24) is 4.90 Å². The Hall–Kier alpha value is -3.58. The number of carbonyl (C=O) groups is 1. The van der Waals surface area contributed by atoms with Gasteiger partial charge in [-0.3, -0.25) is 4.79 Å². The molecule has 1 saturated heterocycles. The molecular formula is C27H28F4N2O6S. The summed E-state index contributed by atoms with van der Waals surface area (Å²) in [5, 5.41) is 12.2. The van der Waals surface area contributed by atoms with E-state index in [1.54, 1.807) is 0 Å². The third-order valence-corrected chi connectivity index (χ3v) is 7.83. The fourth-order valence-corrected chi connectivity index (χ4v) is 5.46. The number of anilines is 1. The minimum Gasteiger partial charge on any atom is -0.497 e. The van der Waals surface area contributed by atoms with Crippen LogP contribution in [0.5, 0.6) is 11.5 Å². The second-order valence-electron chi connectivity index (χ2n) is 9.43. The third-order valence-electron chi connectivity index (χ3n) is 6.74. The van der Waals surface area contributed by atoms with E-state index in [1.807, 2.05) is 0 Å². The summed E-state index contributed by atoms with van der Waals surface area (Å²) in [4.78, 5) is 15.3. The van der Waals surface area contributed by atoms with Gasteiger partial charge in [0.15, 0.2) is 9.84 Å². The lowest BCUT2D eigenvalue weighted by Gasteiger charge is -2.33. The van der Waals surface area contributed by atoms with Crippen molar-refractivity contribution in [2.45, 2.75) is 36.0 Å². The number of carbonyl (C=O) groups excluding carboxylic acids is 1. The number of ether oxygens (including phenoxy) is 2. The second kappa shape index (κ2) is 11.5. The van der Waals surface area contributed by atoms with Gasteiger partial charge in [0.25, 0.3) is 0 Å². The van der Waals surface area contributed by atoms with Gasteiger partial charge in [0, 0.05) is 48.2 Å². The summed E-state index contributed by atoms with van der Waals surface area (Å²) in [7, 11) is -2.36. The number of halogens is 4. The molecule has 2 unspecified atom stereocenters. The first-order chi connectivity index (χ1) is 18.8. The number of benzene rings is 2. The molecule has 216 valence electrons. The molecule has 13 heteroatoms. The van der Waals surface area contributed by atoms with E-state index in [4.69, 9.17) is 9.47 Å². The number of rotatable bonds is 9. The van der Waals surface area contributed by atoms with E-state index < -0.39 is 58.4 Å². The van der Waals surface area contributed by atoms with Crippen molar-refractivity contribution in [2.75, 3.05) is 38.4 Å². The van der Waals surface area contributed by atoms with Gasteiger partial charge in [0.1, 0.15) is 30.0 Å². The van der Waals surface area contributed by atoms with Crippen LogP contribution < -0.4 is 14.8 Å². The van der Waals surface area contributed by atoms with Crippen LogP contribution >= 0.6 is 0 Å². The second-order valence-corrected chi connectivity index (χ2v) is 11.4. The number of hydrogen-bond donors (Lipinski definition) is 2. The van der Waals surface area contributed by atoms with Crippen molar-refractivity contribution < 1.29 is 45.4 Å². The van der Waals surface area contributed by atoms with E-state index >= 15 is 0 Å². The van der Waals surface area contributed by atoms with E-state index in [0.29, 0.717) is 12.0 Å². The number of amides is 1. The van der Waals surface area contributed by atoms with Crippen molar-refractivity contribution >= 4 is 21.4 Å². The molecule has 2 atom stereocenters. The van der Waals surface area contributed by atoms with E-state index in [0.717, 1.165) is 24.5 Å². The van der Waals surface area contributed by atoms with Crippen LogP contribution in [-0.2, 0) is 14.6 Å². The summed E-state index contributed by atoms with van der Waals surface area (Å²) in [5.41, 5.74) is 0.218. The minimum atomic E-state index is -4.55. The molecule has 0 spiro atoms.